The molecule has 0 amide bonds. The lowest BCUT2D eigenvalue weighted by Crippen LogP contribution is -2.43. The van der Waals surface area contributed by atoms with Crippen molar-refractivity contribution >= 4 is 8.53 Å². The van der Waals surface area contributed by atoms with Crippen LogP contribution in [0.4, 0.5) is 0 Å². The average Bonchev–Trinajstić information content (AvgIpc) is 2.60. The van der Waals surface area contributed by atoms with Crippen LogP contribution in [0.1, 0.15) is 53.0 Å². The van der Waals surface area contributed by atoms with Crippen molar-refractivity contribution in [3.63, 3.8) is 0 Å². The summed E-state index contributed by atoms with van der Waals surface area (Å²) in [6, 6.07) is 10.5. The SMILES string of the molecule is C=CC(C)(CCC=C(C)C)N(Cc1ccccc1)P1OCC(C)(C)CO1. The van der Waals surface area contributed by atoms with Crippen molar-refractivity contribution in [1.29, 1.82) is 0 Å². The molecule has 1 aliphatic heterocycles. The summed E-state index contributed by atoms with van der Waals surface area (Å²) in [4.78, 5) is 0. The minimum Gasteiger partial charge on any atom is -0.321 e. The van der Waals surface area contributed by atoms with Crippen molar-refractivity contribution in [2.75, 3.05) is 13.2 Å². The van der Waals surface area contributed by atoms with Crippen LogP contribution >= 0.6 is 8.53 Å². The van der Waals surface area contributed by atoms with Crippen molar-refractivity contribution in [1.82, 2.24) is 4.67 Å². The van der Waals surface area contributed by atoms with E-state index in [-0.39, 0.29) is 11.0 Å². The van der Waals surface area contributed by atoms with Gasteiger partial charge in [-0.2, -0.15) is 0 Å². The highest BCUT2D eigenvalue weighted by Gasteiger charge is 2.40. The van der Waals surface area contributed by atoms with Gasteiger partial charge in [0.05, 0.1) is 13.2 Å². The Bertz CT molecular complexity index is 600. The number of hydrogen-bond donors (Lipinski definition) is 0. The second-order valence-electron chi connectivity index (χ2n) is 8.37. The van der Waals surface area contributed by atoms with E-state index >= 15 is 0 Å². The predicted molar refractivity (Wildman–Crippen MR) is 112 cm³/mol. The molecule has 1 aromatic rings. The average molecular weight is 375 g/mol. The molecule has 1 unspecified atom stereocenters. The smallest absolute Gasteiger partial charge is 0.259 e. The molecule has 0 spiro atoms. The molecule has 1 fully saturated rings. The number of nitrogens with zero attached hydrogens (tertiary/aromatic N) is 1. The number of benzene rings is 1. The molecular formula is C22H34NO2P. The van der Waals surface area contributed by atoms with Crippen LogP contribution < -0.4 is 0 Å². The summed E-state index contributed by atoms with van der Waals surface area (Å²) >= 11 is 0. The first-order chi connectivity index (χ1) is 12.3. The van der Waals surface area contributed by atoms with Gasteiger partial charge in [0.2, 0.25) is 0 Å². The van der Waals surface area contributed by atoms with E-state index in [0.717, 1.165) is 32.6 Å². The Morgan fingerprint density at radius 3 is 2.38 bits per heavy atom. The van der Waals surface area contributed by atoms with Crippen molar-refractivity contribution in [3.8, 4) is 0 Å². The third-order valence-electron chi connectivity index (χ3n) is 4.74. The summed E-state index contributed by atoms with van der Waals surface area (Å²) in [6.07, 6.45) is 6.36. The third kappa shape index (κ3) is 6.03. The zero-order valence-corrected chi connectivity index (χ0v) is 17.9. The lowest BCUT2D eigenvalue weighted by atomic mass is 9.94. The maximum Gasteiger partial charge on any atom is 0.259 e. The minimum absolute atomic E-state index is 0.0733. The molecule has 0 aromatic heterocycles. The molecular weight excluding hydrogens is 341 g/mol. The summed E-state index contributed by atoms with van der Waals surface area (Å²) < 4.78 is 14.8. The van der Waals surface area contributed by atoms with Crippen molar-refractivity contribution in [2.45, 2.75) is 59.5 Å². The maximum absolute atomic E-state index is 6.21. The molecule has 2 rings (SSSR count). The van der Waals surface area contributed by atoms with Crippen LogP contribution in [-0.4, -0.2) is 23.4 Å². The molecule has 0 bridgehead atoms. The summed E-state index contributed by atoms with van der Waals surface area (Å²) in [6.45, 7) is 17.3. The lowest BCUT2D eigenvalue weighted by molar-refractivity contribution is 0.0328. The monoisotopic (exact) mass is 375 g/mol. The van der Waals surface area contributed by atoms with Gasteiger partial charge in [0.1, 0.15) is 0 Å². The van der Waals surface area contributed by atoms with Crippen molar-refractivity contribution < 1.29 is 9.05 Å². The van der Waals surface area contributed by atoms with Gasteiger partial charge in [0.15, 0.2) is 0 Å². The fourth-order valence-corrected chi connectivity index (χ4v) is 4.96. The van der Waals surface area contributed by atoms with Gasteiger partial charge in [-0.1, -0.05) is 61.9 Å². The highest BCUT2D eigenvalue weighted by molar-refractivity contribution is 7.44. The van der Waals surface area contributed by atoms with Gasteiger partial charge in [-0.15, -0.1) is 6.58 Å². The van der Waals surface area contributed by atoms with Crippen LogP contribution in [0, 0.1) is 5.41 Å². The standard InChI is InChI=1S/C22H34NO2P/c1-7-22(6,15-11-12-19(2)3)23(16-20-13-9-8-10-14-20)26-24-17-21(4,5)18-25-26/h7-10,12-14H,1,11,15-18H2,2-6H3. The van der Waals surface area contributed by atoms with Crippen molar-refractivity contribution in [3.05, 3.63) is 60.2 Å². The third-order valence-corrected chi connectivity index (χ3v) is 6.43. The van der Waals surface area contributed by atoms with E-state index in [4.69, 9.17) is 9.05 Å². The van der Waals surface area contributed by atoms with Gasteiger partial charge in [-0.25, -0.2) is 4.67 Å². The van der Waals surface area contributed by atoms with Gasteiger partial charge in [0, 0.05) is 17.5 Å². The van der Waals surface area contributed by atoms with E-state index in [1.165, 1.54) is 11.1 Å². The van der Waals surface area contributed by atoms with Crippen LogP contribution in [0.15, 0.2) is 54.6 Å². The Labute approximate surface area is 161 Å². The second-order valence-corrected chi connectivity index (χ2v) is 9.85. The molecule has 0 N–H and O–H groups in total. The van der Waals surface area contributed by atoms with Crippen LogP contribution in [0.25, 0.3) is 0 Å². The summed E-state index contributed by atoms with van der Waals surface area (Å²) in [5, 5.41) is 0. The summed E-state index contributed by atoms with van der Waals surface area (Å²) in [5.41, 5.74) is 2.50. The molecule has 1 heterocycles. The Balaban J connectivity index is 2.22. The zero-order valence-electron chi connectivity index (χ0n) is 17.0. The number of hydrogen-bond acceptors (Lipinski definition) is 3. The Morgan fingerprint density at radius 1 is 1.23 bits per heavy atom. The number of allylic oxidation sites excluding steroid dienone is 2. The molecule has 1 aromatic carbocycles. The Hall–Kier alpha value is -0.990. The highest BCUT2D eigenvalue weighted by atomic mass is 31.2. The fraction of sp³-hybridized carbons (Fsp3) is 0.545. The summed E-state index contributed by atoms with van der Waals surface area (Å²) in [7, 11) is -1.10. The molecule has 4 heteroatoms. The van der Waals surface area contributed by atoms with Gasteiger partial charge < -0.3 is 9.05 Å². The lowest BCUT2D eigenvalue weighted by Gasteiger charge is -2.45. The van der Waals surface area contributed by atoms with E-state index < -0.39 is 8.53 Å². The Kier molecular flexibility index (Phi) is 7.61. The first-order valence-electron chi connectivity index (χ1n) is 9.40. The van der Waals surface area contributed by atoms with E-state index in [1.807, 2.05) is 0 Å². The normalized spacial score (nSPS) is 19.8. The van der Waals surface area contributed by atoms with E-state index in [0.29, 0.717) is 0 Å². The van der Waals surface area contributed by atoms with E-state index in [9.17, 15) is 0 Å². The first kappa shape index (κ1) is 21.3. The Morgan fingerprint density at radius 2 is 1.85 bits per heavy atom. The molecule has 0 aliphatic carbocycles. The molecule has 144 valence electrons. The first-order valence-corrected chi connectivity index (χ1v) is 10.5. The predicted octanol–water partition coefficient (Wildman–Crippen LogP) is 6.48. The van der Waals surface area contributed by atoms with Gasteiger partial charge >= 0.3 is 0 Å². The molecule has 0 radical (unpaired) electrons. The number of rotatable bonds is 8. The van der Waals surface area contributed by atoms with E-state index in [1.54, 1.807) is 0 Å². The molecule has 26 heavy (non-hydrogen) atoms. The summed E-state index contributed by atoms with van der Waals surface area (Å²) in [5.74, 6) is 0. The molecule has 1 aliphatic rings. The second kappa shape index (κ2) is 9.28. The van der Waals surface area contributed by atoms with Crippen LogP contribution in [-0.2, 0) is 15.6 Å². The molecule has 1 atom stereocenters. The quantitative estimate of drug-likeness (QED) is 0.383. The van der Waals surface area contributed by atoms with Crippen LogP contribution in [0.2, 0.25) is 0 Å². The van der Waals surface area contributed by atoms with Crippen molar-refractivity contribution in [2.24, 2.45) is 5.41 Å². The van der Waals surface area contributed by atoms with Crippen LogP contribution in [0.3, 0.4) is 0 Å². The molecule has 1 saturated heterocycles. The largest absolute Gasteiger partial charge is 0.321 e. The highest BCUT2D eigenvalue weighted by Crippen LogP contribution is 2.53. The zero-order chi connectivity index (χ0) is 19.2. The minimum atomic E-state index is -1.10. The van der Waals surface area contributed by atoms with Gasteiger partial charge in [-0.3, -0.25) is 0 Å². The maximum atomic E-state index is 6.21. The van der Waals surface area contributed by atoms with Gasteiger partial charge in [-0.05, 0) is 39.2 Å². The van der Waals surface area contributed by atoms with Gasteiger partial charge in [0.25, 0.3) is 8.53 Å². The molecule has 3 nitrogen and oxygen atoms in total. The van der Waals surface area contributed by atoms with Crippen LogP contribution in [0.5, 0.6) is 0 Å². The van der Waals surface area contributed by atoms with E-state index in [2.05, 4.69) is 88.4 Å². The topological polar surface area (TPSA) is 21.7 Å². The fourth-order valence-electron chi connectivity index (χ4n) is 2.85. The molecule has 0 saturated carbocycles.